The van der Waals surface area contributed by atoms with E-state index in [-0.39, 0.29) is 35.7 Å². The van der Waals surface area contributed by atoms with Crippen LogP contribution in [0.4, 0.5) is 4.79 Å². The predicted molar refractivity (Wildman–Crippen MR) is 42.4 cm³/mol. The molecule has 0 radical (unpaired) electrons. The third-order valence-electron chi connectivity index (χ3n) is 1.51. The van der Waals surface area contributed by atoms with Crippen LogP contribution in [0.25, 0.3) is 0 Å². The van der Waals surface area contributed by atoms with E-state index in [4.69, 9.17) is 4.74 Å². The van der Waals surface area contributed by atoms with Gasteiger partial charge in [-0.2, -0.15) is 0 Å². The van der Waals surface area contributed by atoms with Crippen LogP contribution in [0.5, 0.6) is 0 Å². The maximum Gasteiger partial charge on any atom is 0.410 e. The van der Waals surface area contributed by atoms with Crippen molar-refractivity contribution < 1.29 is 33.5 Å². The quantitative estimate of drug-likeness (QED) is 0.514. The fourth-order valence-corrected chi connectivity index (χ4v) is 0.825. The fraction of sp³-hybridized carbons (Fsp3) is 0.875. The minimum Gasteiger partial charge on any atom is -1.00 e. The van der Waals surface area contributed by atoms with E-state index >= 15 is 0 Å². The van der Waals surface area contributed by atoms with Crippen LogP contribution in [-0.4, -0.2) is 29.7 Å². The summed E-state index contributed by atoms with van der Waals surface area (Å²) in [7, 11) is 0. The zero-order chi connectivity index (χ0) is 8.48. The van der Waals surface area contributed by atoms with Crippen molar-refractivity contribution in [1.29, 1.82) is 0 Å². The van der Waals surface area contributed by atoms with Gasteiger partial charge >= 0.3 is 6.09 Å². The molecule has 4 heteroatoms. The van der Waals surface area contributed by atoms with E-state index in [0.29, 0.717) is 0 Å². The van der Waals surface area contributed by atoms with Gasteiger partial charge in [0, 0.05) is 13.1 Å². The number of amides is 1. The Morgan fingerprint density at radius 1 is 1.33 bits per heavy atom. The summed E-state index contributed by atoms with van der Waals surface area (Å²) >= 11 is 0. The normalized spacial score (nSPS) is 16.1. The third-order valence-corrected chi connectivity index (χ3v) is 1.51. The summed E-state index contributed by atoms with van der Waals surface area (Å²) in [5.41, 5.74) is -0.354. The van der Waals surface area contributed by atoms with Gasteiger partial charge in [0.15, 0.2) is 0 Å². The average Bonchev–Trinajstić information content (AvgIpc) is 1.50. The first-order valence-corrected chi connectivity index (χ1v) is 3.97. The minimum atomic E-state index is -0.354. The summed E-state index contributed by atoms with van der Waals surface area (Å²) in [6.45, 7) is 7.35. The largest absolute Gasteiger partial charge is 1.00 e. The number of halogens is 1. The highest BCUT2D eigenvalue weighted by molar-refractivity contribution is 5.68. The Balaban J connectivity index is 0.00000121. The highest BCUT2D eigenvalue weighted by Gasteiger charge is 2.25. The first-order chi connectivity index (χ1) is 4.99. The molecule has 72 valence electrons. The number of rotatable bonds is 0. The molecule has 1 saturated heterocycles. The van der Waals surface area contributed by atoms with Gasteiger partial charge in [0.05, 0.1) is 0 Å². The molecule has 0 atom stereocenters. The van der Waals surface area contributed by atoms with Gasteiger partial charge in [-0.1, -0.05) is 0 Å². The van der Waals surface area contributed by atoms with E-state index < -0.39 is 0 Å². The van der Waals surface area contributed by atoms with Crippen molar-refractivity contribution in [3.05, 3.63) is 0 Å². The zero-order valence-corrected chi connectivity index (χ0v) is 9.92. The Morgan fingerprint density at radius 2 is 1.83 bits per heavy atom. The number of nitrogens with zero attached hydrogens (tertiary/aromatic N) is 1. The molecule has 0 saturated carbocycles. The number of likely N-dealkylation sites (tertiary alicyclic amines) is 1. The van der Waals surface area contributed by atoms with E-state index in [9.17, 15) is 4.79 Å². The monoisotopic (exact) mass is 284 g/mol. The van der Waals surface area contributed by atoms with Crippen molar-refractivity contribution in [1.82, 2.24) is 4.90 Å². The predicted octanol–water partition coefficient (Wildman–Crippen LogP) is -1.37. The van der Waals surface area contributed by atoms with Gasteiger partial charge in [0.1, 0.15) is 5.60 Å². The third kappa shape index (κ3) is 3.60. The van der Waals surface area contributed by atoms with Crippen molar-refractivity contribution in [2.24, 2.45) is 0 Å². The molecule has 1 rings (SSSR count). The highest BCUT2D eigenvalue weighted by Crippen LogP contribution is 2.13. The van der Waals surface area contributed by atoms with Crippen molar-refractivity contribution in [2.45, 2.75) is 32.8 Å². The lowest BCUT2D eigenvalue weighted by Gasteiger charge is -2.32. The molecule has 1 amide bonds. The Morgan fingerprint density at radius 3 is 2.08 bits per heavy atom. The standard InChI is InChI=1S/C8H15NO2.HI/c1-8(2,3)11-7(10)9-5-4-6-9;/h4-6H2,1-3H3;1H/p-1. The molecule has 1 aliphatic rings. The van der Waals surface area contributed by atoms with Crippen molar-refractivity contribution in [3.8, 4) is 0 Å². The molecule has 12 heavy (non-hydrogen) atoms. The molecule has 1 heterocycles. The maximum absolute atomic E-state index is 11.1. The summed E-state index contributed by atoms with van der Waals surface area (Å²) in [5, 5.41) is 0. The second-order valence-electron chi connectivity index (χ2n) is 3.82. The SMILES string of the molecule is CC(C)(C)OC(=O)N1CCC1.[I-]. The number of carbonyl (C=O) groups is 1. The summed E-state index contributed by atoms with van der Waals surface area (Å²) < 4.78 is 5.13. The smallest absolute Gasteiger partial charge is 0.410 e. The van der Waals surface area contributed by atoms with Crippen molar-refractivity contribution in [3.63, 3.8) is 0 Å². The molecule has 0 aromatic carbocycles. The molecule has 1 fully saturated rings. The van der Waals surface area contributed by atoms with E-state index in [1.54, 1.807) is 4.90 Å². The second-order valence-corrected chi connectivity index (χ2v) is 3.82. The fourth-order valence-electron chi connectivity index (χ4n) is 0.825. The molecule has 0 spiro atoms. The molecular formula is C8H15INO2-. The molecule has 0 bridgehead atoms. The first kappa shape index (κ1) is 12.0. The average molecular weight is 284 g/mol. The van der Waals surface area contributed by atoms with Gasteiger partial charge < -0.3 is 33.6 Å². The maximum atomic E-state index is 11.1. The van der Waals surface area contributed by atoms with Crippen molar-refractivity contribution in [2.75, 3.05) is 13.1 Å². The van der Waals surface area contributed by atoms with Gasteiger partial charge in [-0.05, 0) is 27.2 Å². The molecule has 0 unspecified atom stereocenters. The van der Waals surface area contributed by atoms with Crippen LogP contribution < -0.4 is 24.0 Å². The minimum absolute atomic E-state index is 0. The number of ether oxygens (including phenoxy) is 1. The number of carbonyl (C=O) groups excluding carboxylic acids is 1. The second kappa shape index (κ2) is 4.30. The number of hydrogen-bond acceptors (Lipinski definition) is 2. The van der Waals surface area contributed by atoms with Crippen LogP contribution in [0.2, 0.25) is 0 Å². The van der Waals surface area contributed by atoms with Crippen LogP contribution in [0.15, 0.2) is 0 Å². The summed E-state index contributed by atoms with van der Waals surface area (Å²) in [6.07, 6.45) is 0.933. The molecular weight excluding hydrogens is 269 g/mol. The lowest BCUT2D eigenvalue weighted by molar-refractivity contribution is -0.0000784. The van der Waals surface area contributed by atoms with Crippen LogP contribution in [-0.2, 0) is 4.74 Å². The molecule has 1 aliphatic heterocycles. The molecule has 0 aromatic rings. The van der Waals surface area contributed by atoms with E-state index in [2.05, 4.69) is 0 Å². The van der Waals surface area contributed by atoms with E-state index in [0.717, 1.165) is 19.5 Å². The van der Waals surface area contributed by atoms with Gasteiger partial charge in [-0.15, -0.1) is 0 Å². The summed E-state index contributed by atoms with van der Waals surface area (Å²) in [4.78, 5) is 12.9. The van der Waals surface area contributed by atoms with Crippen LogP contribution in [0.3, 0.4) is 0 Å². The topological polar surface area (TPSA) is 29.5 Å². The Kier molecular flexibility index (Phi) is 4.30. The lowest BCUT2D eigenvalue weighted by Crippen LogP contribution is -3.00. The van der Waals surface area contributed by atoms with Crippen LogP contribution in [0, 0.1) is 0 Å². The van der Waals surface area contributed by atoms with Crippen LogP contribution in [0.1, 0.15) is 27.2 Å². The Hall–Kier alpha value is 0. The Bertz CT molecular complexity index is 161. The van der Waals surface area contributed by atoms with Crippen molar-refractivity contribution >= 4 is 6.09 Å². The lowest BCUT2D eigenvalue weighted by atomic mass is 10.2. The van der Waals surface area contributed by atoms with Crippen LogP contribution >= 0.6 is 0 Å². The molecule has 0 N–H and O–H groups in total. The van der Waals surface area contributed by atoms with Gasteiger partial charge in [-0.25, -0.2) is 4.79 Å². The van der Waals surface area contributed by atoms with Gasteiger partial charge in [0.2, 0.25) is 0 Å². The molecule has 0 aromatic heterocycles. The molecule has 3 nitrogen and oxygen atoms in total. The zero-order valence-electron chi connectivity index (χ0n) is 7.76. The van der Waals surface area contributed by atoms with E-state index in [1.165, 1.54) is 0 Å². The number of hydrogen-bond donors (Lipinski definition) is 0. The van der Waals surface area contributed by atoms with Gasteiger partial charge in [0.25, 0.3) is 0 Å². The summed E-state index contributed by atoms with van der Waals surface area (Å²) in [6, 6.07) is 0. The van der Waals surface area contributed by atoms with Gasteiger partial charge in [-0.3, -0.25) is 0 Å². The molecule has 0 aliphatic carbocycles. The Labute approximate surface area is 90.5 Å². The summed E-state index contributed by atoms with van der Waals surface area (Å²) in [5.74, 6) is 0. The first-order valence-electron chi connectivity index (χ1n) is 3.97. The van der Waals surface area contributed by atoms with E-state index in [1.807, 2.05) is 20.8 Å². The highest BCUT2D eigenvalue weighted by atomic mass is 127.